The Hall–Kier alpha value is -2.58. The van der Waals surface area contributed by atoms with E-state index in [-0.39, 0.29) is 17.1 Å². The molecule has 0 fully saturated rings. The first-order valence-corrected chi connectivity index (χ1v) is 16.8. The first kappa shape index (κ1) is 29.9. The number of rotatable bonds is 8. The van der Waals surface area contributed by atoms with Crippen molar-refractivity contribution in [2.75, 3.05) is 11.1 Å². The van der Waals surface area contributed by atoms with Crippen LogP contribution >= 0.6 is 55.0 Å². The van der Waals surface area contributed by atoms with E-state index in [1.165, 1.54) is 16.6 Å². The second-order valence-electron chi connectivity index (χ2n) is 10.7. The zero-order valence-electron chi connectivity index (χ0n) is 23.0. The molecule has 0 aliphatic heterocycles. The van der Waals surface area contributed by atoms with Crippen LogP contribution in [0.3, 0.4) is 0 Å². The fourth-order valence-corrected chi connectivity index (χ4v) is 7.43. The molecule has 0 saturated carbocycles. The van der Waals surface area contributed by atoms with Crippen molar-refractivity contribution in [2.24, 2.45) is 11.3 Å². The summed E-state index contributed by atoms with van der Waals surface area (Å²) in [6.45, 7) is 6.89. The van der Waals surface area contributed by atoms with E-state index in [0.29, 0.717) is 33.0 Å². The SMILES string of the molecule is CCC(C)(C)[C@H]1CCc2c(sc(NC(=O)CSc3nnc(-c4ccc(Br)cc4)c(-c4ccc(Br)cc4)n3)c2C#N)C1. The Morgan fingerprint density at radius 2 is 1.71 bits per heavy atom. The molecule has 0 radical (unpaired) electrons. The van der Waals surface area contributed by atoms with Gasteiger partial charge in [0.15, 0.2) is 0 Å². The highest BCUT2D eigenvalue weighted by atomic mass is 79.9. The molecule has 1 aliphatic carbocycles. The second-order valence-corrected chi connectivity index (χ2v) is 14.6. The molecule has 0 unspecified atom stereocenters. The van der Waals surface area contributed by atoms with E-state index in [0.717, 1.165) is 51.3 Å². The van der Waals surface area contributed by atoms with E-state index >= 15 is 0 Å². The molecule has 5 rings (SSSR count). The van der Waals surface area contributed by atoms with Crippen LogP contribution in [0.15, 0.2) is 62.6 Å². The highest BCUT2D eigenvalue weighted by molar-refractivity contribution is 9.10. The minimum absolute atomic E-state index is 0.109. The third-order valence-electron chi connectivity index (χ3n) is 7.88. The number of hydrogen-bond acceptors (Lipinski definition) is 7. The van der Waals surface area contributed by atoms with Gasteiger partial charge in [0.05, 0.1) is 11.3 Å². The summed E-state index contributed by atoms with van der Waals surface area (Å²) in [5, 5.41) is 22.8. The molecule has 1 amide bonds. The van der Waals surface area contributed by atoms with Gasteiger partial charge in [-0.2, -0.15) is 5.26 Å². The Balaban J connectivity index is 1.33. The number of nitriles is 1. The van der Waals surface area contributed by atoms with Gasteiger partial charge in [-0.3, -0.25) is 4.79 Å². The number of nitrogens with one attached hydrogen (secondary N) is 1. The van der Waals surface area contributed by atoms with E-state index in [1.807, 2.05) is 48.5 Å². The van der Waals surface area contributed by atoms with Crippen molar-refractivity contribution >= 4 is 65.9 Å². The average Bonchev–Trinajstić information content (AvgIpc) is 3.33. The standard InChI is InChI=1S/C31H29Br2N5OS2/c1-4-31(2,3)20-9-14-23-24(16-34)29(41-25(23)15-20)35-26(39)17-40-30-36-27(18-5-10-21(32)11-6-18)28(37-38-30)19-7-12-22(33)13-8-19/h5-8,10-13,20H,4,9,14-15,17H2,1-3H3,(H,35,39)/t20-/m0/s1. The quantitative estimate of drug-likeness (QED) is 0.184. The number of carbonyl (C=O) groups excluding carboxylic acids is 1. The van der Waals surface area contributed by atoms with Crippen molar-refractivity contribution in [1.82, 2.24) is 15.2 Å². The molecule has 6 nitrogen and oxygen atoms in total. The summed E-state index contributed by atoms with van der Waals surface area (Å²) in [7, 11) is 0. The summed E-state index contributed by atoms with van der Waals surface area (Å²) in [5.41, 5.74) is 5.14. The highest BCUT2D eigenvalue weighted by Gasteiger charge is 2.34. The Kier molecular flexibility index (Phi) is 9.29. The van der Waals surface area contributed by atoms with Crippen molar-refractivity contribution in [3.8, 4) is 28.6 Å². The summed E-state index contributed by atoms with van der Waals surface area (Å²) in [6.07, 6.45) is 4.04. The Bertz CT molecular complexity index is 1610. The van der Waals surface area contributed by atoms with Crippen molar-refractivity contribution < 1.29 is 4.79 Å². The summed E-state index contributed by atoms with van der Waals surface area (Å²) in [4.78, 5) is 19.1. The van der Waals surface area contributed by atoms with E-state index in [1.54, 1.807) is 11.3 Å². The minimum atomic E-state index is -0.193. The Labute approximate surface area is 265 Å². The summed E-state index contributed by atoms with van der Waals surface area (Å²) < 4.78 is 1.94. The fraction of sp³-hybridized carbons (Fsp3) is 0.323. The molecule has 10 heteroatoms. The first-order chi connectivity index (χ1) is 19.7. The van der Waals surface area contributed by atoms with Gasteiger partial charge in [-0.1, -0.05) is 95.1 Å². The normalized spacial score (nSPS) is 14.8. The lowest BCUT2D eigenvalue weighted by Gasteiger charge is -2.36. The minimum Gasteiger partial charge on any atom is -0.316 e. The lowest BCUT2D eigenvalue weighted by atomic mass is 9.69. The van der Waals surface area contributed by atoms with E-state index in [4.69, 9.17) is 4.98 Å². The number of benzene rings is 2. The van der Waals surface area contributed by atoms with Crippen LogP contribution in [0.1, 0.15) is 49.6 Å². The number of fused-ring (bicyclic) bond motifs is 1. The molecule has 210 valence electrons. The number of aromatic nitrogens is 3. The maximum absolute atomic E-state index is 13.0. The monoisotopic (exact) mass is 709 g/mol. The zero-order valence-corrected chi connectivity index (χ0v) is 27.8. The van der Waals surface area contributed by atoms with Gasteiger partial charge in [0, 0.05) is 24.9 Å². The topological polar surface area (TPSA) is 91.6 Å². The molecular formula is C31H29Br2N5OS2. The van der Waals surface area contributed by atoms with Crippen molar-refractivity contribution in [3.63, 3.8) is 0 Å². The molecule has 1 atom stereocenters. The maximum Gasteiger partial charge on any atom is 0.235 e. The van der Waals surface area contributed by atoms with E-state index in [9.17, 15) is 10.1 Å². The van der Waals surface area contributed by atoms with Gasteiger partial charge in [-0.05, 0) is 60.4 Å². The molecule has 2 heterocycles. The average molecular weight is 712 g/mol. The van der Waals surface area contributed by atoms with Crippen LogP contribution in [0.5, 0.6) is 0 Å². The molecule has 4 aromatic rings. The Morgan fingerprint density at radius 3 is 2.32 bits per heavy atom. The smallest absolute Gasteiger partial charge is 0.235 e. The predicted molar refractivity (Wildman–Crippen MR) is 174 cm³/mol. The molecule has 0 bridgehead atoms. The van der Waals surface area contributed by atoms with Crippen LogP contribution in [0.25, 0.3) is 22.5 Å². The largest absolute Gasteiger partial charge is 0.316 e. The number of nitrogens with zero attached hydrogens (tertiary/aromatic N) is 4. The zero-order chi connectivity index (χ0) is 29.1. The van der Waals surface area contributed by atoms with Crippen molar-refractivity contribution in [3.05, 3.63) is 73.5 Å². The lowest BCUT2D eigenvalue weighted by molar-refractivity contribution is -0.113. The lowest BCUT2D eigenvalue weighted by Crippen LogP contribution is -2.28. The highest BCUT2D eigenvalue weighted by Crippen LogP contribution is 2.45. The number of thioether (sulfide) groups is 1. The third-order valence-corrected chi connectivity index (χ3v) is 10.9. The number of carbonyl (C=O) groups is 1. The van der Waals surface area contributed by atoms with Gasteiger partial charge in [0.2, 0.25) is 11.1 Å². The molecule has 0 spiro atoms. The number of halogens is 2. The van der Waals surface area contributed by atoms with Crippen LogP contribution in [0, 0.1) is 22.7 Å². The van der Waals surface area contributed by atoms with Gasteiger partial charge < -0.3 is 5.32 Å². The van der Waals surface area contributed by atoms with Crippen molar-refractivity contribution in [2.45, 2.75) is 51.6 Å². The second kappa shape index (κ2) is 12.7. The van der Waals surface area contributed by atoms with Crippen LogP contribution in [-0.4, -0.2) is 26.8 Å². The van der Waals surface area contributed by atoms with E-state index < -0.39 is 0 Å². The van der Waals surface area contributed by atoms with Gasteiger partial charge >= 0.3 is 0 Å². The predicted octanol–water partition coefficient (Wildman–Crippen LogP) is 8.94. The first-order valence-electron chi connectivity index (χ1n) is 13.4. The molecule has 41 heavy (non-hydrogen) atoms. The number of thiophene rings is 1. The molecule has 0 saturated heterocycles. The van der Waals surface area contributed by atoms with E-state index in [2.05, 4.69) is 74.2 Å². The molecule has 2 aromatic heterocycles. The number of amides is 1. The fourth-order valence-electron chi connectivity index (χ4n) is 5.02. The molecule has 1 aliphatic rings. The molecule has 2 aromatic carbocycles. The molecule has 1 N–H and O–H groups in total. The van der Waals surface area contributed by atoms with Crippen LogP contribution < -0.4 is 5.32 Å². The Morgan fingerprint density at radius 1 is 1.07 bits per heavy atom. The van der Waals surface area contributed by atoms with Gasteiger partial charge in [0.25, 0.3) is 0 Å². The summed E-state index contributed by atoms with van der Waals surface area (Å²) in [5.74, 6) is 0.494. The number of hydrogen-bond donors (Lipinski definition) is 1. The molecular weight excluding hydrogens is 682 g/mol. The number of anilines is 1. The van der Waals surface area contributed by atoms with Crippen molar-refractivity contribution in [1.29, 1.82) is 5.26 Å². The maximum atomic E-state index is 13.0. The van der Waals surface area contributed by atoms with Gasteiger partial charge in [-0.15, -0.1) is 21.5 Å². The van der Waals surface area contributed by atoms with Crippen LogP contribution in [0.2, 0.25) is 0 Å². The summed E-state index contributed by atoms with van der Waals surface area (Å²) in [6, 6.07) is 18.1. The van der Waals surface area contributed by atoms with Gasteiger partial charge in [0.1, 0.15) is 22.5 Å². The van der Waals surface area contributed by atoms with Gasteiger partial charge in [-0.25, -0.2) is 4.98 Å². The van der Waals surface area contributed by atoms with Crippen LogP contribution in [0.4, 0.5) is 5.00 Å². The summed E-state index contributed by atoms with van der Waals surface area (Å²) >= 11 is 9.76. The third kappa shape index (κ3) is 6.75. The van der Waals surface area contributed by atoms with Crippen LogP contribution in [-0.2, 0) is 17.6 Å².